The number of hydrogen-bond donors (Lipinski definition) is 1. The lowest BCUT2D eigenvalue weighted by atomic mass is 9.80. The summed E-state index contributed by atoms with van der Waals surface area (Å²) in [5, 5.41) is 4.74. The first kappa shape index (κ1) is 11.5. The fourth-order valence-corrected chi connectivity index (χ4v) is 2.66. The smallest absolute Gasteiger partial charge is 0.137 e. The zero-order valence-electron chi connectivity index (χ0n) is 11.0. The Kier molecular flexibility index (Phi) is 2.90. The van der Waals surface area contributed by atoms with Gasteiger partial charge in [0.25, 0.3) is 0 Å². The molecule has 1 aromatic carbocycles. The van der Waals surface area contributed by atoms with Gasteiger partial charge >= 0.3 is 0 Å². The van der Waals surface area contributed by atoms with Crippen molar-refractivity contribution in [3.63, 3.8) is 0 Å². The molecule has 2 aromatic rings. The van der Waals surface area contributed by atoms with E-state index in [0.717, 1.165) is 22.6 Å². The van der Waals surface area contributed by atoms with Crippen LogP contribution in [0.15, 0.2) is 24.5 Å². The zero-order chi connectivity index (χ0) is 12.5. The molecule has 94 valence electrons. The van der Waals surface area contributed by atoms with Crippen LogP contribution in [-0.2, 0) is 0 Å². The van der Waals surface area contributed by atoms with Gasteiger partial charge in [0.15, 0.2) is 0 Å². The van der Waals surface area contributed by atoms with Crippen LogP contribution in [0.3, 0.4) is 0 Å². The second-order valence-electron chi connectivity index (χ2n) is 5.32. The first-order chi connectivity index (χ1) is 8.75. The van der Waals surface area contributed by atoms with Gasteiger partial charge in [-0.2, -0.15) is 0 Å². The van der Waals surface area contributed by atoms with Gasteiger partial charge in [-0.3, -0.25) is 0 Å². The van der Waals surface area contributed by atoms with E-state index in [2.05, 4.69) is 35.2 Å². The molecule has 18 heavy (non-hydrogen) atoms. The number of benzene rings is 1. The molecule has 1 saturated carbocycles. The van der Waals surface area contributed by atoms with E-state index in [0.29, 0.717) is 6.04 Å². The first-order valence-corrected chi connectivity index (χ1v) is 6.72. The minimum Gasteiger partial charge on any atom is -0.367 e. The average Bonchev–Trinajstić information content (AvgIpc) is 2.26. The normalized spacial score (nSPS) is 17.4. The van der Waals surface area contributed by atoms with Gasteiger partial charge in [-0.15, -0.1) is 0 Å². The summed E-state index contributed by atoms with van der Waals surface area (Å²) in [6.45, 7) is 4.38. The molecule has 1 atom stereocenters. The third-order valence-corrected chi connectivity index (χ3v) is 4.09. The molecular weight excluding hydrogens is 222 g/mol. The molecule has 3 nitrogen and oxygen atoms in total. The largest absolute Gasteiger partial charge is 0.367 e. The van der Waals surface area contributed by atoms with E-state index in [9.17, 15) is 0 Å². The van der Waals surface area contributed by atoms with Crippen molar-refractivity contribution >= 4 is 16.7 Å². The molecule has 1 fully saturated rings. The maximum atomic E-state index is 4.43. The third kappa shape index (κ3) is 1.94. The Labute approximate surface area is 108 Å². The Morgan fingerprint density at radius 2 is 2.11 bits per heavy atom. The van der Waals surface area contributed by atoms with Crippen molar-refractivity contribution in [2.45, 2.75) is 39.2 Å². The Balaban J connectivity index is 1.95. The van der Waals surface area contributed by atoms with E-state index in [1.807, 2.05) is 12.1 Å². The highest BCUT2D eigenvalue weighted by Crippen LogP contribution is 2.32. The molecule has 1 unspecified atom stereocenters. The fraction of sp³-hybridized carbons (Fsp3) is 0.467. The van der Waals surface area contributed by atoms with Crippen LogP contribution < -0.4 is 5.32 Å². The topological polar surface area (TPSA) is 37.8 Å². The van der Waals surface area contributed by atoms with Gasteiger partial charge in [-0.05, 0) is 44.2 Å². The van der Waals surface area contributed by atoms with Gasteiger partial charge in [0.05, 0.1) is 5.52 Å². The summed E-state index contributed by atoms with van der Waals surface area (Å²) in [5.41, 5.74) is 2.25. The highest BCUT2D eigenvalue weighted by molar-refractivity contribution is 5.91. The van der Waals surface area contributed by atoms with Gasteiger partial charge in [0, 0.05) is 11.4 Å². The summed E-state index contributed by atoms with van der Waals surface area (Å²) >= 11 is 0. The quantitative estimate of drug-likeness (QED) is 0.893. The second-order valence-corrected chi connectivity index (χ2v) is 5.32. The molecule has 1 aromatic heterocycles. The van der Waals surface area contributed by atoms with Crippen LogP contribution in [0.1, 0.15) is 31.7 Å². The zero-order valence-corrected chi connectivity index (χ0v) is 11.0. The van der Waals surface area contributed by atoms with E-state index < -0.39 is 0 Å². The minimum atomic E-state index is 0.497. The number of hydrogen-bond acceptors (Lipinski definition) is 3. The highest BCUT2D eigenvalue weighted by Gasteiger charge is 2.24. The molecule has 0 saturated heterocycles. The number of rotatable bonds is 3. The minimum absolute atomic E-state index is 0.497. The molecule has 0 bridgehead atoms. The second kappa shape index (κ2) is 4.56. The number of anilines is 1. The molecule has 1 aliphatic rings. The van der Waals surface area contributed by atoms with Gasteiger partial charge in [-0.1, -0.05) is 18.6 Å². The summed E-state index contributed by atoms with van der Waals surface area (Å²) in [6.07, 6.45) is 5.71. The lowest BCUT2D eigenvalue weighted by Gasteiger charge is -2.32. The molecule has 1 N–H and O–H groups in total. The van der Waals surface area contributed by atoms with Crippen molar-refractivity contribution in [3.8, 4) is 0 Å². The predicted octanol–water partition coefficient (Wildman–Crippen LogP) is 3.54. The molecule has 1 heterocycles. The standard InChI is InChI=1S/C15H19N3/c1-10-5-3-8-13-14(10)15(17-9-16-13)18-11(2)12-6-4-7-12/h3,5,8-9,11-12H,4,6-7H2,1-2H3,(H,16,17,18). The van der Waals surface area contributed by atoms with E-state index in [1.165, 1.54) is 24.8 Å². The number of aryl methyl sites for hydroxylation is 1. The Morgan fingerprint density at radius 1 is 1.28 bits per heavy atom. The molecule has 3 heteroatoms. The number of fused-ring (bicyclic) bond motifs is 1. The molecule has 1 aliphatic carbocycles. The highest BCUT2D eigenvalue weighted by atomic mass is 15.0. The molecular formula is C15H19N3. The van der Waals surface area contributed by atoms with Gasteiger partial charge in [0.1, 0.15) is 12.1 Å². The van der Waals surface area contributed by atoms with Crippen molar-refractivity contribution in [1.82, 2.24) is 9.97 Å². The van der Waals surface area contributed by atoms with Crippen LogP contribution in [0.5, 0.6) is 0 Å². The maximum Gasteiger partial charge on any atom is 0.137 e. The van der Waals surface area contributed by atoms with E-state index in [-0.39, 0.29) is 0 Å². The van der Waals surface area contributed by atoms with E-state index >= 15 is 0 Å². The third-order valence-electron chi connectivity index (χ3n) is 4.09. The van der Waals surface area contributed by atoms with Gasteiger partial charge < -0.3 is 5.32 Å². The van der Waals surface area contributed by atoms with Crippen molar-refractivity contribution < 1.29 is 0 Å². The van der Waals surface area contributed by atoms with Crippen LogP contribution in [-0.4, -0.2) is 16.0 Å². The van der Waals surface area contributed by atoms with Crippen LogP contribution in [0.2, 0.25) is 0 Å². The van der Waals surface area contributed by atoms with Gasteiger partial charge in [0.2, 0.25) is 0 Å². The van der Waals surface area contributed by atoms with Crippen molar-refractivity contribution in [2.75, 3.05) is 5.32 Å². The molecule has 0 amide bonds. The molecule has 0 aliphatic heterocycles. The van der Waals surface area contributed by atoms with Gasteiger partial charge in [-0.25, -0.2) is 9.97 Å². The number of aromatic nitrogens is 2. The number of nitrogens with zero attached hydrogens (tertiary/aromatic N) is 2. The first-order valence-electron chi connectivity index (χ1n) is 6.72. The Hall–Kier alpha value is -1.64. The summed E-state index contributed by atoms with van der Waals surface area (Å²) in [7, 11) is 0. The molecule has 0 radical (unpaired) electrons. The predicted molar refractivity (Wildman–Crippen MR) is 74.7 cm³/mol. The lowest BCUT2D eigenvalue weighted by Crippen LogP contribution is -2.31. The number of nitrogens with one attached hydrogen (secondary N) is 1. The lowest BCUT2D eigenvalue weighted by molar-refractivity contribution is 0.285. The Morgan fingerprint density at radius 3 is 2.83 bits per heavy atom. The van der Waals surface area contributed by atoms with Crippen LogP contribution in [0.25, 0.3) is 10.9 Å². The van der Waals surface area contributed by atoms with Crippen LogP contribution in [0.4, 0.5) is 5.82 Å². The summed E-state index contributed by atoms with van der Waals surface area (Å²) in [5.74, 6) is 1.79. The average molecular weight is 241 g/mol. The SMILES string of the molecule is Cc1cccc2ncnc(NC(C)C3CCC3)c12. The van der Waals surface area contributed by atoms with Crippen LogP contribution >= 0.6 is 0 Å². The van der Waals surface area contributed by atoms with E-state index in [4.69, 9.17) is 0 Å². The van der Waals surface area contributed by atoms with Crippen molar-refractivity contribution in [1.29, 1.82) is 0 Å². The molecule has 3 rings (SSSR count). The van der Waals surface area contributed by atoms with Crippen molar-refractivity contribution in [2.24, 2.45) is 5.92 Å². The Bertz CT molecular complexity index is 555. The van der Waals surface area contributed by atoms with Crippen LogP contribution in [0, 0.1) is 12.8 Å². The monoisotopic (exact) mass is 241 g/mol. The fourth-order valence-electron chi connectivity index (χ4n) is 2.66. The maximum absolute atomic E-state index is 4.43. The summed E-state index contributed by atoms with van der Waals surface area (Å²) < 4.78 is 0. The summed E-state index contributed by atoms with van der Waals surface area (Å²) in [6, 6.07) is 6.70. The molecule has 0 spiro atoms. The van der Waals surface area contributed by atoms with Crippen molar-refractivity contribution in [3.05, 3.63) is 30.1 Å². The van der Waals surface area contributed by atoms with E-state index in [1.54, 1.807) is 6.33 Å². The summed E-state index contributed by atoms with van der Waals surface area (Å²) in [4.78, 5) is 8.76.